The van der Waals surface area contributed by atoms with E-state index in [1.807, 2.05) is 20.8 Å². The van der Waals surface area contributed by atoms with Crippen LogP contribution in [0.1, 0.15) is 40.5 Å². The lowest BCUT2D eigenvalue weighted by molar-refractivity contribution is -0.441. The van der Waals surface area contributed by atoms with Gasteiger partial charge in [0.15, 0.2) is 0 Å². The molecule has 0 radical (unpaired) electrons. The zero-order chi connectivity index (χ0) is 12.4. The Morgan fingerprint density at radius 2 is 2.00 bits per heavy atom. The third-order valence-corrected chi connectivity index (χ3v) is 2.37. The average Bonchev–Trinajstić information content (AvgIpc) is 2.22. The van der Waals surface area contributed by atoms with E-state index >= 15 is 0 Å². The number of carbonyl (C=O) groups excluding carboxylic acids is 1. The molecule has 0 aromatic heterocycles. The zero-order valence-electron chi connectivity index (χ0n) is 10.5. The molecule has 0 aromatic carbocycles. The minimum Gasteiger partial charge on any atom is -0.469 e. The van der Waals surface area contributed by atoms with Gasteiger partial charge < -0.3 is 9.47 Å². The van der Waals surface area contributed by atoms with Crippen molar-refractivity contribution in [2.75, 3.05) is 7.11 Å². The predicted molar refractivity (Wildman–Crippen MR) is 56.5 cm³/mol. The SMILES string of the molecule is COC(=O)CC1(C)OOC(C)(C)CC(C)O1. The Balaban J connectivity index is 2.70. The molecule has 0 aromatic rings. The van der Waals surface area contributed by atoms with Crippen LogP contribution in [0.4, 0.5) is 0 Å². The van der Waals surface area contributed by atoms with Crippen LogP contribution < -0.4 is 0 Å². The van der Waals surface area contributed by atoms with Crippen molar-refractivity contribution in [2.45, 2.75) is 58.0 Å². The van der Waals surface area contributed by atoms with Gasteiger partial charge in [-0.3, -0.25) is 4.79 Å². The fourth-order valence-electron chi connectivity index (χ4n) is 1.82. The summed E-state index contributed by atoms with van der Waals surface area (Å²) in [6.45, 7) is 7.42. The predicted octanol–water partition coefficient (Wildman–Crippen LogP) is 1.80. The molecular formula is C11H20O5. The Hall–Kier alpha value is -0.650. The topological polar surface area (TPSA) is 54.0 Å². The molecule has 1 aliphatic heterocycles. The first-order valence-corrected chi connectivity index (χ1v) is 5.38. The van der Waals surface area contributed by atoms with Crippen molar-refractivity contribution in [3.05, 3.63) is 0 Å². The summed E-state index contributed by atoms with van der Waals surface area (Å²) in [7, 11) is 1.33. The van der Waals surface area contributed by atoms with Gasteiger partial charge in [-0.25, -0.2) is 9.78 Å². The normalized spacial score (nSPS) is 34.2. The molecule has 0 saturated carbocycles. The number of ether oxygens (including phenoxy) is 2. The lowest BCUT2D eigenvalue weighted by Gasteiger charge is -2.27. The van der Waals surface area contributed by atoms with Gasteiger partial charge in [0.05, 0.1) is 13.2 Å². The summed E-state index contributed by atoms with van der Waals surface area (Å²) < 4.78 is 10.3. The molecule has 2 atom stereocenters. The maximum atomic E-state index is 11.2. The Bertz CT molecular complexity index is 263. The number of hydrogen-bond acceptors (Lipinski definition) is 5. The van der Waals surface area contributed by atoms with Crippen LogP contribution in [-0.4, -0.2) is 30.6 Å². The maximum absolute atomic E-state index is 11.2. The van der Waals surface area contributed by atoms with Crippen LogP contribution >= 0.6 is 0 Å². The molecule has 1 rings (SSSR count). The standard InChI is InChI=1S/C11H20O5/c1-8-6-10(2,3)15-16-11(4,14-8)7-9(12)13-5/h8H,6-7H2,1-5H3. The number of methoxy groups -OCH3 is 1. The fourth-order valence-corrected chi connectivity index (χ4v) is 1.82. The lowest BCUT2D eigenvalue weighted by atomic mass is 10.0. The molecule has 5 nitrogen and oxygen atoms in total. The summed E-state index contributed by atoms with van der Waals surface area (Å²) in [5, 5.41) is 0. The van der Waals surface area contributed by atoms with Crippen molar-refractivity contribution in [1.82, 2.24) is 0 Å². The number of esters is 1. The van der Waals surface area contributed by atoms with E-state index in [2.05, 4.69) is 4.74 Å². The van der Waals surface area contributed by atoms with Crippen LogP contribution in [0.5, 0.6) is 0 Å². The Morgan fingerprint density at radius 1 is 1.38 bits per heavy atom. The Morgan fingerprint density at radius 3 is 2.56 bits per heavy atom. The molecule has 1 heterocycles. The second-order valence-electron chi connectivity index (χ2n) is 4.95. The molecule has 0 N–H and O–H groups in total. The van der Waals surface area contributed by atoms with Gasteiger partial charge in [-0.1, -0.05) is 0 Å². The molecule has 0 amide bonds. The first kappa shape index (κ1) is 13.4. The van der Waals surface area contributed by atoms with Gasteiger partial charge in [0.1, 0.15) is 12.0 Å². The van der Waals surface area contributed by atoms with Crippen LogP contribution in [-0.2, 0) is 24.0 Å². The molecule has 0 spiro atoms. The molecular weight excluding hydrogens is 212 g/mol. The molecule has 16 heavy (non-hydrogen) atoms. The minimum absolute atomic E-state index is 0.00389. The highest BCUT2D eigenvalue weighted by Crippen LogP contribution is 2.31. The maximum Gasteiger partial charge on any atom is 0.311 e. The quantitative estimate of drug-likeness (QED) is 0.536. The van der Waals surface area contributed by atoms with E-state index in [9.17, 15) is 4.79 Å². The van der Waals surface area contributed by atoms with E-state index in [1.165, 1.54) is 7.11 Å². The molecule has 0 bridgehead atoms. The monoisotopic (exact) mass is 232 g/mol. The largest absolute Gasteiger partial charge is 0.469 e. The van der Waals surface area contributed by atoms with Gasteiger partial charge in [-0.2, -0.15) is 0 Å². The van der Waals surface area contributed by atoms with Crippen molar-refractivity contribution in [2.24, 2.45) is 0 Å². The third kappa shape index (κ3) is 3.73. The van der Waals surface area contributed by atoms with Crippen LogP contribution in [0, 0.1) is 0 Å². The number of carbonyl (C=O) groups is 1. The second-order valence-corrected chi connectivity index (χ2v) is 4.95. The fraction of sp³-hybridized carbons (Fsp3) is 0.909. The van der Waals surface area contributed by atoms with E-state index in [4.69, 9.17) is 14.5 Å². The summed E-state index contributed by atoms with van der Waals surface area (Å²) in [5.41, 5.74) is -0.423. The highest BCUT2D eigenvalue weighted by molar-refractivity contribution is 5.70. The summed E-state index contributed by atoms with van der Waals surface area (Å²) in [6.07, 6.45) is 0.653. The van der Waals surface area contributed by atoms with Gasteiger partial charge in [-0.15, -0.1) is 0 Å². The number of hydrogen-bond donors (Lipinski definition) is 0. The minimum atomic E-state index is -1.08. The highest BCUT2D eigenvalue weighted by Gasteiger charge is 2.40. The smallest absolute Gasteiger partial charge is 0.311 e. The van der Waals surface area contributed by atoms with Crippen LogP contribution in [0.2, 0.25) is 0 Å². The third-order valence-electron chi connectivity index (χ3n) is 2.37. The Kier molecular flexibility index (Phi) is 3.93. The van der Waals surface area contributed by atoms with Crippen LogP contribution in [0.25, 0.3) is 0 Å². The van der Waals surface area contributed by atoms with Crippen LogP contribution in [0.15, 0.2) is 0 Å². The molecule has 94 valence electrons. The molecule has 1 aliphatic rings. The molecule has 5 heteroatoms. The van der Waals surface area contributed by atoms with Gasteiger partial charge in [0, 0.05) is 6.42 Å². The van der Waals surface area contributed by atoms with Crippen LogP contribution in [0.3, 0.4) is 0 Å². The number of rotatable bonds is 2. The van der Waals surface area contributed by atoms with Crippen molar-refractivity contribution < 1.29 is 24.0 Å². The zero-order valence-corrected chi connectivity index (χ0v) is 10.5. The van der Waals surface area contributed by atoms with Gasteiger partial charge in [0.2, 0.25) is 5.79 Å². The first-order chi connectivity index (χ1) is 7.26. The first-order valence-electron chi connectivity index (χ1n) is 5.38. The molecule has 2 unspecified atom stereocenters. The molecule has 1 saturated heterocycles. The Labute approximate surface area is 95.9 Å². The average molecular weight is 232 g/mol. The summed E-state index contributed by atoms with van der Waals surface area (Å²) >= 11 is 0. The van der Waals surface area contributed by atoms with E-state index in [0.29, 0.717) is 6.42 Å². The summed E-state index contributed by atoms with van der Waals surface area (Å²) in [5.74, 6) is -1.47. The summed E-state index contributed by atoms with van der Waals surface area (Å²) in [4.78, 5) is 21.7. The van der Waals surface area contributed by atoms with Crippen molar-refractivity contribution in [3.63, 3.8) is 0 Å². The van der Waals surface area contributed by atoms with Crippen molar-refractivity contribution in [1.29, 1.82) is 0 Å². The van der Waals surface area contributed by atoms with E-state index in [0.717, 1.165) is 0 Å². The van der Waals surface area contributed by atoms with Gasteiger partial charge in [0.25, 0.3) is 0 Å². The molecule has 1 fully saturated rings. The molecule has 0 aliphatic carbocycles. The summed E-state index contributed by atoms with van der Waals surface area (Å²) in [6, 6.07) is 0. The van der Waals surface area contributed by atoms with E-state index in [1.54, 1.807) is 6.92 Å². The lowest BCUT2D eigenvalue weighted by Crippen LogP contribution is -2.36. The van der Waals surface area contributed by atoms with Crippen molar-refractivity contribution in [3.8, 4) is 0 Å². The second kappa shape index (κ2) is 4.69. The highest BCUT2D eigenvalue weighted by atomic mass is 17.2. The van der Waals surface area contributed by atoms with Gasteiger partial charge >= 0.3 is 5.97 Å². The van der Waals surface area contributed by atoms with E-state index in [-0.39, 0.29) is 12.5 Å². The van der Waals surface area contributed by atoms with Gasteiger partial charge in [-0.05, 0) is 27.7 Å². The van der Waals surface area contributed by atoms with Crippen molar-refractivity contribution >= 4 is 5.97 Å². The van der Waals surface area contributed by atoms with E-state index < -0.39 is 17.4 Å².